The smallest absolute Gasteiger partial charge is 0.261 e. The van der Waals surface area contributed by atoms with Crippen molar-refractivity contribution in [2.24, 2.45) is 5.92 Å². The summed E-state index contributed by atoms with van der Waals surface area (Å²) in [5.41, 5.74) is 0. The standard InChI is InChI=1S/C18H20N2O3S3/c1-26(22,23)20-8-6-12(7-9-20)11-19-18(21)16-10-15-17(25-16)13-4-2-3-5-14(13)24-15/h2-5,10,12H,6-9,11H2,1H3,(H,19,21). The van der Waals surface area contributed by atoms with Crippen LogP contribution in [0, 0.1) is 5.92 Å². The van der Waals surface area contributed by atoms with E-state index in [0.717, 1.165) is 22.4 Å². The molecule has 8 heteroatoms. The lowest BCUT2D eigenvalue weighted by molar-refractivity contribution is 0.0945. The molecule has 3 heterocycles. The minimum Gasteiger partial charge on any atom is -0.351 e. The topological polar surface area (TPSA) is 66.5 Å². The zero-order chi connectivity index (χ0) is 18.3. The molecule has 4 rings (SSSR count). The van der Waals surface area contributed by atoms with Crippen molar-refractivity contribution in [2.75, 3.05) is 25.9 Å². The number of thiophene rings is 2. The molecule has 0 aliphatic carbocycles. The third-order valence-corrected chi connectivity index (χ3v) is 8.58. The second kappa shape index (κ2) is 6.92. The molecule has 1 aliphatic rings. The van der Waals surface area contributed by atoms with E-state index in [0.29, 0.717) is 25.6 Å². The molecule has 0 unspecified atom stereocenters. The van der Waals surface area contributed by atoms with Gasteiger partial charge in [0.2, 0.25) is 10.0 Å². The van der Waals surface area contributed by atoms with Crippen molar-refractivity contribution in [3.63, 3.8) is 0 Å². The van der Waals surface area contributed by atoms with Gasteiger partial charge in [-0.15, -0.1) is 22.7 Å². The summed E-state index contributed by atoms with van der Waals surface area (Å²) in [6.07, 6.45) is 2.83. The second-order valence-electron chi connectivity index (χ2n) is 6.72. The molecule has 1 amide bonds. The van der Waals surface area contributed by atoms with E-state index in [9.17, 15) is 13.2 Å². The van der Waals surface area contributed by atoms with Gasteiger partial charge in [0.25, 0.3) is 5.91 Å². The molecule has 1 saturated heterocycles. The van der Waals surface area contributed by atoms with Gasteiger partial charge >= 0.3 is 0 Å². The average Bonchev–Trinajstić information content (AvgIpc) is 3.17. The Morgan fingerprint density at radius 1 is 1.19 bits per heavy atom. The number of hydrogen-bond donors (Lipinski definition) is 1. The number of piperidine rings is 1. The molecule has 0 radical (unpaired) electrons. The lowest BCUT2D eigenvalue weighted by atomic mass is 9.98. The third-order valence-electron chi connectivity index (χ3n) is 4.87. The number of amides is 1. The summed E-state index contributed by atoms with van der Waals surface area (Å²) in [6.45, 7) is 1.68. The van der Waals surface area contributed by atoms with Crippen molar-refractivity contribution in [3.8, 4) is 0 Å². The SMILES string of the molecule is CS(=O)(=O)N1CCC(CNC(=O)c2cc3sc4ccccc4c3s2)CC1. The van der Waals surface area contributed by atoms with Crippen molar-refractivity contribution in [3.05, 3.63) is 35.2 Å². The van der Waals surface area contributed by atoms with Gasteiger partial charge in [-0.25, -0.2) is 12.7 Å². The van der Waals surface area contributed by atoms with Crippen molar-refractivity contribution >= 4 is 58.1 Å². The maximum absolute atomic E-state index is 12.5. The van der Waals surface area contributed by atoms with E-state index >= 15 is 0 Å². The van der Waals surface area contributed by atoms with Gasteiger partial charge in [0, 0.05) is 34.4 Å². The van der Waals surface area contributed by atoms with Crippen LogP contribution in [0.1, 0.15) is 22.5 Å². The van der Waals surface area contributed by atoms with E-state index in [1.807, 2.05) is 18.2 Å². The van der Waals surface area contributed by atoms with Crippen molar-refractivity contribution < 1.29 is 13.2 Å². The molecule has 1 aromatic carbocycles. The fourth-order valence-electron chi connectivity index (χ4n) is 3.38. The maximum Gasteiger partial charge on any atom is 0.261 e. The van der Waals surface area contributed by atoms with Crippen LogP contribution in [0.2, 0.25) is 0 Å². The molecular formula is C18H20N2O3S3. The molecule has 0 atom stereocenters. The van der Waals surface area contributed by atoms with Gasteiger partial charge in [-0.3, -0.25) is 4.79 Å². The van der Waals surface area contributed by atoms with Crippen molar-refractivity contribution in [2.45, 2.75) is 12.8 Å². The lowest BCUT2D eigenvalue weighted by Crippen LogP contribution is -2.41. The quantitative estimate of drug-likeness (QED) is 0.718. The molecule has 2 aromatic heterocycles. The summed E-state index contributed by atoms with van der Waals surface area (Å²) in [5.74, 6) is 0.298. The molecule has 1 aliphatic heterocycles. The maximum atomic E-state index is 12.5. The summed E-state index contributed by atoms with van der Waals surface area (Å²) in [7, 11) is -3.10. The van der Waals surface area contributed by atoms with Crippen LogP contribution in [-0.4, -0.2) is 44.5 Å². The first-order valence-electron chi connectivity index (χ1n) is 8.56. The van der Waals surface area contributed by atoms with Crippen LogP contribution in [0.3, 0.4) is 0 Å². The molecule has 0 bridgehead atoms. The van der Waals surface area contributed by atoms with Crippen LogP contribution in [0.4, 0.5) is 0 Å². The molecule has 1 fully saturated rings. The number of carbonyl (C=O) groups is 1. The zero-order valence-electron chi connectivity index (χ0n) is 14.4. The van der Waals surface area contributed by atoms with Crippen LogP contribution in [0.25, 0.3) is 19.5 Å². The Kier molecular flexibility index (Phi) is 4.77. The number of nitrogens with zero attached hydrogens (tertiary/aromatic N) is 1. The Hall–Kier alpha value is -1.48. The third kappa shape index (κ3) is 3.51. The van der Waals surface area contributed by atoms with Gasteiger partial charge in [-0.2, -0.15) is 0 Å². The predicted molar refractivity (Wildman–Crippen MR) is 109 cm³/mol. The van der Waals surface area contributed by atoms with Gasteiger partial charge in [-0.05, 0) is 30.9 Å². The summed E-state index contributed by atoms with van der Waals surface area (Å²) >= 11 is 3.26. The molecule has 0 spiro atoms. The monoisotopic (exact) mass is 408 g/mol. The number of sulfonamides is 1. The van der Waals surface area contributed by atoms with E-state index in [1.54, 1.807) is 22.7 Å². The molecule has 5 nitrogen and oxygen atoms in total. The molecule has 3 aromatic rings. The fourth-order valence-corrected chi connectivity index (χ4v) is 6.70. The normalized spacial score (nSPS) is 17.1. The molecule has 1 N–H and O–H groups in total. The number of hydrogen-bond acceptors (Lipinski definition) is 5. The van der Waals surface area contributed by atoms with Crippen LogP contribution >= 0.6 is 22.7 Å². The Morgan fingerprint density at radius 3 is 2.65 bits per heavy atom. The first-order valence-corrected chi connectivity index (χ1v) is 12.0. The molecular weight excluding hydrogens is 388 g/mol. The van der Waals surface area contributed by atoms with E-state index in [1.165, 1.54) is 25.3 Å². The van der Waals surface area contributed by atoms with Crippen LogP contribution in [-0.2, 0) is 10.0 Å². The van der Waals surface area contributed by atoms with E-state index in [-0.39, 0.29) is 5.91 Å². The highest BCUT2D eigenvalue weighted by Gasteiger charge is 2.25. The molecule has 26 heavy (non-hydrogen) atoms. The van der Waals surface area contributed by atoms with Gasteiger partial charge in [0.1, 0.15) is 0 Å². The highest BCUT2D eigenvalue weighted by Crippen LogP contribution is 2.39. The van der Waals surface area contributed by atoms with Gasteiger partial charge in [0.15, 0.2) is 0 Å². The highest BCUT2D eigenvalue weighted by atomic mass is 32.2. The Balaban J connectivity index is 1.39. The number of benzene rings is 1. The van der Waals surface area contributed by atoms with Crippen molar-refractivity contribution in [1.82, 2.24) is 9.62 Å². The number of rotatable bonds is 4. The fraction of sp³-hybridized carbons (Fsp3) is 0.389. The zero-order valence-corrected chi connectivity index (χ0v) is 16.8. The predicted octanol–water partition coefficient (Wildman–Crippen LogP) is 3.52. The van der Waals surface area contributed by atoms with Gasteiger partial charge < -0.3 is 5.32 Å². The van der Waals surface area contributed by atoms with Gasteiger partial charge in [-0.1, -0.05) is 18.2 Å². The van der Waals surface area contributed by atoms with E-state index < -0.39 is 10.0 Å². The highest BCUT2D eigenvalue weighted by molar-refractivity contribution is 7.88. The summed E-state index contributed by atoms with van der Waals surface area (Å²) < 4.78 is 28.2. The first-order chi connectivity index (χ1) is 12.4. The summed E-state index contributed by atoms with van der Waals surface area (Å²) in [4.78, 5) is 13.3. The van der Waals surface area contributed by atoms with Crippen molar-refractivity contribution in [1.29, 1.82) is 0 Å². The van der Waals surface area contributed by atoms with Crippen LogP contribution in [0.5, 0.6) is 0 Å². The van der Waals surface area contributed by atoms with E-state index in [2.05, 4.69) is 17.4 Å². The Bertz CT molecular complexity index is 1060. The average molecular weight is 409 g/mol. The Labute approximate surface area is 160 Å². The molecule has 138 valence electrons. The molecule has 0 saturated carbocycles. The minimum atomic E-state index is -3.10. The largest absolute Gasteiger partial charge is 0.351 e. The van der Waals surface area contributed by atoms with Crippen LogP contribution < -0.4 is 5.32 Å². The van der Waals surface area contributed by atoms with E-state index in [4.69, 9.17) is 0 Å². The first kappa shape index (κ1) is 17.9. The summed E-state index contributed by atoms with van der Waals surface area (Å²) in [5, 5.41) is 4.24. The number of nitrogens with one attached hydrogen (secondary N) is 1. The number of carbonyl (C=O) groups excluding carboxylic acids is 1. The second-order valence-corrected chi connectivity index (χ2v) is 10.8. The van der Waals surface area contributed by atoms with Gasteiger partial charge in [0.05, 0.1) is 15.8 Å². The number of fused-ring (bicyclic) bond motifs is 3. The Morgan fingerprint density at radius 2 is 1.92 bits per heavy atom. The lowest BCUT2D eigenvalue weighted by Gasteiger charge is -2.30. The minimum absolute atomic E-state index is 0.0342. The van der Waals surface area contributed by atoms with Crippen LogP contribution in [0.15, 0.2) is 30.3 Å². The summed E-state index contributed by atoms with van der Waals surface area (Å²) in [6, 6.07) is 10.2.